The van der Waals surface area contributed by atoms with Gasteiger partial charge in [0.25, 0.3) is 0 Å². The maximum atomic E-state index is 6.15. The summed E-state index contributed by atoms with van der Waals surface area (Å²) in [7, 11) is 0. The predicted octanol–water partition coefficient (Wildman–Crippen LogP) is 4.32. The van der Waals surface area contributed by atoms with E-state index in [-0.39, 0.29) is 6.04 Å². The smallest absolute Gasteiger partial charge is 0.125 e. The molecule has 1 aromatic rings. The Morgan fingerprint density at radius 1 is 1.05 bits per heavy atom. The highest BCUT2D eigenvalue weighted by atomic mass is 14.9. The lowest BCUT2D eigenvalue weighted by Gasteiger charge is -2.11. The topological polar surface area (TPSA) is 51.8 Å². The molecule has 0 radical (unpaired) electrons. The fourth-order valence-electron chi connectivity index (χ4n) is 2.33. The van der Waals surface area contributed by atoms with Crippen LogP contribution in [0.25, 0.3) is 0 Å². The molecule has 0 spiro atoms. The van der Waals surface area contributed by atoms with E-state index in [0.717, 1.165) is 17.9 Å². The van der Waals surface area contributed by atoms with Gasteiger partial charge in [-0.15, -0.1) is 0 Å². The normalized spacial score (nSPS) is 12.6. The van der Waals surface area contributed by atoms with Gasteiger partial charge in [0, 0.05) is 12.2 Å². The molecule has 19 heavy (non-hydrogen) atoms. The number of hydrogen-bond donors (Lipinski definition) is 1. The molecule has 3 nitrogen and oxygen atoms in total. The minimum atomic E-state index is 0.0711. The molecule has 1 atom stereocenters. The molecule has 1 unspecified atom stereocenters. The summed E-state index contributed by atoms with van der Waals surface area (Å²) in [6.07, 6.45) is 13.6. The van der Waals surface area contributed by atoms with Crippen molar-refractivity contribution >= 4 is 0 Å². The summed E-state index contributed by atoms with van der Waals surface area (Å²) in [5.74, 6) is 0.809. The zero-order valence-corrected chi connectivity index (χ0v) is 12.6. The first kappa shape index (κ1) is 16.1. The van der Waals surface area contributed by atoms with Crippen LogP contribution in [0.15, 0.2) is 12.3 Å². The first-order valence-electron chi connectivity index (χ1n) is 7.79. The number of nitrogens with two attached hydrogens (primary N) is 1. The zero-order chi connectivity index (χ0) is 13.9. The Balaban J connectivity index is 2.06. The highest BCUT2D eigenvalue weighted by Crippen LogP contribution is 2.16. The Kier molecular flexibility index (Phi) is 8.39. The fraction of sp³-hybridized carbons (Fsp3) is 0.750. The Hall–Kier alpha value is -0.960. The van der Waals surface area contributed by atoms with Gasteiger partial charge in [-0.1, -0.05) is 58.3 Å². The molecule has 108 valence electrons. The van der Waals surface area contributed by atoms with E-state index < -0.39 is 0 Å². The quantitative estimate of drug-likeness (QED) is 0.640. The minimum absolute atomic E-state index is 0.0711. The summed E-state index contributed by atoms with van der Waals surface area (Å²) < 4.78 is 0. The molecule has 0 bridgehead atoms. The lowest BCUT2D eigenvalue weighted by molar-refractivity contribution is 0.530. The van der Waals surface area contributed by atoms with E-state index in [9.17, 15) is 0 Å². The molecule has 1 aromatic heterocycles. The van der Waals surface area contributed by atoms with E-state index in [2.05, 4.69) is 16.9 Å². The van der Waals surface area contributed by atoms with Crippen LogP contribution in [0.5, 0.6) is 0 Å². The molecular weight excluding hydrogens is 234 g/mol. The summed E-state index contributed by atoms with van der Waals surface area (Å²) in [4.78, 5) is 8.49. The van der Waals surface area contributed by atoms with Gasteiger partial charge < -0.3 is 5.73 Å². The van der Waals surface area contributed by atoms with Crippen molar-refractivity contribution < 1.29 is 0 Å². The SMILES string of the molecule is CCCCCCCCCCC(N)c1ccnc(C)n1. The molecule has 0 saturated carbocycles. The van der Waals surface area contributed by atoms with Crippen LogP contribution < -0.4 is 5.73 Å². The molecule has 1 heterocycles. The highest BCUT2D eigenvalue weighted by molar-refractivity contribution is 5.06. The molecule has 0 saturated heterocycles. The van der Waals surface area contributed by atoms with Crippen molar-refractivity contribution in [2.75, 3.05) is 0 Å². The lowest BCUT2D eigenvalue weighted by Crippen LogP contribution is -2.12. The van der Waals surface area contributed by atoms with E-state index in [1.807, 2.05) is 13.0 Å². The molecule has 2 N–H and O–H groups in total. The molecule has 3 heteroatoms. The zero-order valence-electron chi connectivity index (χ0n) is 12.6. The van der Waals surface area contributed by atoms with Crippen LogP contribution in [-0.4, -0.2) is 9.97 Å². The van der Waals surface area contributed by atoms with Gasteiger partial charge in [0.2, 0.25) is 0 Å². The summed E-state index contributed by atoms with van der Waals surface area (Å²) in [5.41, 5.74) is 7.14. The van der Waals surface area contributed by atoms with Crippen LogP contribution in [0, 0.1) is 6.92 Å². The third-order valence-electron chi connectivity index (χ3n) is 3.55. The number of hydrogen-bond acceptors (Lipinski definition) is 3. The van der Waals surface area contributed by atoms with Crippen molar-refractivity contribution in [3.8, 4) is 0 Å². The second-order valence-corrected chi connectivity index (χ2v) is 5.40. The van der Waals surface area contributed by atoms with Crippen molar-refractivity contribution in [3.05, 3.63) is 23.8 Å². The van der Waals surface area contributed by atoms with Crippen LogP contribution in [0.2, 0.25) is 0 Å². The number of aryl methyl sites for hydroxylation is 1. The van der Waals surface area contributed by atoms with Gasteiger partial charge in [-0.2, -0.15) is 0 Å². The van der Waals surface area contributed by atoms with Gasteiger partial charge in [0.15, 0.2) is 0 Å². The maximum absolute atomic E-state index is 6.15. The standard InChI is InChI=1S/C16H29N3/c1-3-4-5-6-7-8-9-10-11-15(17)16-12-13-18-14(2)19-16/h12-13,15H,3-11,17H2,1-2H3. The Morgan fingerprint density at radius 3 is 2.32 bits per heavy atom. The molecule has 0 aliphatic heterocycles. The number of rotatable bonds is 10. The second-order valence-electron chi connectivity index (χ2n) is 5.40. The molecule has 0 aliphatic rings. The van der Waals surface area contributed by atoms with E-state index in [1.165, 1.54) is 51.4 Å². The predicted molar refractivity (Wildman–Crippen MR) is 80.9 cm³/mol. The van der Waals surface area contributed by atoms with Crippen molar-refractivity contribution in [2.24, 2.45) is 5.73 Å². The van der Waals surface area contributed by atoms with E-state index in [0.29, 0.717) is 0 Å². The third-order valence-corrected chi connectivity index (χ3v) is 3.55. The summed E-state index contributed by atoms with van der Waals surface area (Å²) in [6, 6.07) is 2.00. The second kappa shape index (κ2) is 9.90. The number of nitrogens with zero attached hydrogens (tertiary/aromatic N) is 2. The van der Waals surface area contributed by atoms with E-state index >= 15 is 0 Å². The summed E-state index contributed by atoms with van der Waals surface area (Å²) in [5, 5.41) is 0. The first-order chi connectivity index (χ1) is 9.24. The van der Waals surface area contributed by atoms with Crippen molar-refractivity contribution in [3.63, 3.8) is 0 Å². The molecule has 0 fully saturated rings. The monoisotopic (exact) mass is 263 g/mol. The fourth-order valence-corrected chi connectivity index (χ4v) is 2.33. The van der Waals surface area contributed by atoms with Crippen LogP contribution >= 0.6 is 0 Å². The average Bonchev–Trinajstić information content (AvgIpc) is 2.41. The summed E-state index contributed by atoms with van der Waals surface area (Å²) >= 11 is 0. The van der Waals surface area contributed by atoms with Gasteiger partial charge in [0.1, 0.15) is 5.82 Å². The van der Waals surface area contributed by atoms with Gasteiger partial charge in [-0.05, 0) is 19.4 Å². The molecular formula is C16H29N3. The molecule has 0 aliphatic carbocycles. The lowest BCUT2D eigenvalue weighted by atomic mass is 10.0. The van der Waals surface area contributed by atoms with Crippen LogP contribution in [0.4, 0.5) is 0 Å². The van der Waals surface area contributed by atoms with Crippen LogP contribution in [0.1, 0.15) is 82.3 Å². The van der Waals surface area contributed by atoms with Crippen molar-refractivity contribution in [2.45, 2.75) is 77.7 Å². The third kappa shape index (κ3) is 7.26. The average molecular weight is 263 g/mol. The number of aromatic nitrogens is 2. The van der Waals surface area contributed by atoms with Gasteiger partial charge in [-0.3, -0.25) is 0 Å². The minimum Gasteiger partial charge on any atom is -0.323 e. The van der Waals surface area contributed by atoms with Gasteiger partial charge >= 0.3 is 0 Å². The Bertz CT molecular complexity index is 339. The van der Waals surface area contributed by atoms with Crippen LogP contribution in [-0.2, 0) is 0 Å². The Morgan fingerprint density at radius 2 is 1.68 bits per heavy atom. The van der Waals surface area contributed by atoms with E-state index in [1.54, 1.807) is 6.20 Å². The van der Waals surface area contributed by atoms with Gasteiger partial charge in [0.05, 0.1) is 5.69 Å². The molecule has 1 rings (SSSR count). The largest absolute Gasteiger partial charge is 0.323 e. The number of unbranched alkanes of at least 4 members (excludes halogenated alkanes) is 7. The maximum Gasteiger partial charge on any atom is 0.125 e. The van der Waals surface area contributed by atoms with Gasteiger partial charge in [-0.25, -0.2) is 9.97 Å². The van der Waals surface area contributed by atoms with Crippen molar-refractivity contribution in [1.82, 2.24) is 9.97 Å². The van der Waals surface area contributed by atoms with Crippen molar-refractivity contribution in [1.29, 1.82) is 0 Å². The van der Waals surface area contributed by atoms with E-state index in [4.69, 9.17) is 5.73 Å². The van der Waals surface area contributed by atoms with Crippen LogP contribution in [0.3, 0.4) is 0 Å². The Labute approximate surface area is 118 Å². The highest BCUT2D eigenvalue weighted by Gasteiger charge is 2.07. The molecule has 0 aromatic carbocycles. The molecule has 0 amide bonds. The first-order valence-corrected chi connectivity index (χ1v) is 7.79. The summed E-state index contributed by atoms with van der Waals surface area (Å²) in [6.45, 7) is 4.17.